The van der Waals surface area contributed by atoms with Crippen LogP contribution < -0.4 is 4.90 Å². The molecule has 6 heteroatoms. The summed E-state index contributed by atoms with van der Waals surface area (Å²) in [6, 6.07) is 5.43. The lowest BCUT2D eigenvalue weighted by Crippen LogP contribution is -2.53. The van der Waals surface area contributed by atoms with Crippen molar-refractivity contribution < 1.29 is 19.4 Å². The Morgan fingerprint density at radius 2 is 2.24 bits per heavy atom. The summed E-state index contributed by atoms with van der Waals surface area (Å²) in [4.78, 5) is 18.5. The van der Waals surface area contributed by atoms with E-state index in [2.05, 4.69) is 4.85 Å². The van der Waals surface area contributed by atoms with Gasteiger partial charge in [0.05, 0.1) is 30.8 Å². The number of fused-ring (bicyclic) bond motifs is 2. The Kier molecular flexibility index (Phi) is 2.83. The summed E-state index contributed by atoms with van der Waals surface area (Å²) in [6.07, 6.45) is 0.302. The Morgan fingerprint density at radius 1 is 1.44 bits per heavy atom. The van der Waals surface area contributed by atoms with Gasteiger partial charge in [-0.3, -0.25) is 9.69 Å². The molecular formula is C19H20N2O4. The maximum atomic E-state index is 13.3. The van der Waals surface area contributed by atoms with Crippen LogP contribution in [0.3, 0.4) is 0 Å². The smallest absolute Gasteiger partial charge is 0.235 e. The second-order valence-electron chi connectivity index (χ2n) is 7.88. The zero-order valence-electron chi connectivity index (χ0n) is 14.2. The molecule has 1 unspecified atom stereocenters. The monoisotopic (exact) mass is 340 g/mol. The van der Waals surface area contributed by atoms with Gasteiger partial charge in [0.25, 0.3) is 0 Å². The van der Waals surface area contributed by atoms with E-state index in [-0.39, 0.29) is 24.0 Å². The average Bonchev–Trinajstić information content (AvgIpc) is 3.12. The van der Waals surface area contributed by atoms with Crippen molar-refractivity contribution in [2.24, 2.45) is 11.8 Å². The third kappa shape index (κ3) is 1.66. The molecule has 4 saturated heterocycles. The second-order valence-corrected chi connectivity index (χ2v) is 7.88. The topological polar surface area (TPSA) is 63.4 Å². The minimum Gasteiger partial charge on any atom is -0.390 e. The fraction of sp³-hybridized carbons (Fsp3) is 0.579. The summed E-state index contributed by atoms with van der Waals surface area (Å²) in [6.45, 7) is 11.5. The van der Waals surface area contributed by atoms with Crippen LogP contribution in [-0.4, -0.2) is 41.2 Å². The van der Waals surface area contributed by atoms with E-state index in [4.69, 9.17) is 16.0 Å². The first-order valence-electron chi connectivity index (χ1n) is 8.72. The molecule has 1 aromatic rings. The number of amides is 1. The molecule has 0 saturated carbocycles. The van der Waals surface area contributed by atoms with Crippen LogP contribution in [0.2, 0.25) is 0 Å². The maximum Gasteiger partial charge on any atom is 0.235 e. The molecule has 4 heterocycles. The Labute approximate surface area is 146 Å². The number of aryl methyl sites for hydroxylation is 1. The van der Waals surface area contributed by atoms with E-state index in [1.807, 2.05) is 26.0 Å². The van der Waals surface area contributed by atoms with Gasteiger partial charge in [0.1, 0.15) is 11.8 Å². The first kappa shape index (κ1) is 15.3. The van der Waals surface area contributed by atoms with Crippen molar-refractivity contribution in [3.8, 4) is 0 Å². The van der Waals surface area contributed by atoms with Crippen molar-refractivity contribution in [3.05, 3.63) is 35.2 Å². The van der Waals surface area contributed by atoms with Gasteiger partial charge < -0.3 is 14.6 Å². The number of rotatable bonds is 1. The van der Waals surface area contributed by atoms with Gasteiger partial charge in [-0.15, -0.1) is 0 Å². The molecule has 1 aromatic carbocycles. The number of aliphatic hydroxyl groups excluding tert-OH is 1. The minimum atomic E-state index is -0.839. The van der Waals surface area contributed by atoms with Crippen LogP contribution >= 0.6 is 0 Å². The Balaban J connectivity index is 1.62. The molecule has 0 aromatic heterocycles. The molecule has 4 aliphatic rings. The van der Waals surface area contributed by atoms with Gasteiger partial charge >= 0.3 is 0 Å². The predicted octanol–water partition coefficient (Wildman–Crippen LogP) is 2.16. The molecule has 1 spiro atoms. The van der Waals surface area contributed by atoms with E-state index < -0.39 is 17.3 Å². The SMILES string of the molecule is [C-]#[N+]c1ccc(N2C(=O)[C@H]3[C@H]4[C@@H]2OCCC42C[C@@H](O)[C@@]3(C)O2)cc1C. The van der Waals surface area contributed by atoms with Gasteiger partial charge in [-0.2, -0.15) is 0 Å². The largest absolute Gasteiger partial charge is 0.390 e. The van der Waals surface area contributed by atoms with Crippen LogP contribution in [-0.2, 0) is 14.3 Å². The quantitative estimate of drug-likeness (QED) is 0.796. The van der Waals surface area contributed by atoms with Crippen molar-refractivity contribution in [1.82, 2.24) is 0 Å². The fourth-order valence-electron chi connectivity index (χ4n) is 5.51. The zero-order chi connectivity index (χ0) is 17.6. The normalized spacial score (nSPS) is 44.1. The van der Waals surface area contributed by atoms with Crippen LogP contribution in [0.25, 0.3) is 4.85 Å². The van der Waals surface area contributed by atoms with Gasteiger partial charge in [-0.25, -0.2) is 4.85 Å². The van der Waals surface area contributed by atoms with Gasteiger partial charge in [-0.1, -0.05) is 6.07 Å². The highest BCUT2D eigenvalue weighted by Gasteiger charge is 2.77. The number of anilines is 1. The summed E-state index contributed by atoms with van der Waals surface area (Å²) >= 11 is 0. The number of benzene rings is 1. The van der Waals surface area contributed by atoms with Crippen molar-refractivity contribution in [2.75, 3.05) is 11.5 Å². The molecule has 6 atom stereocenters. The van der Waals surface area contributed by atoms with E-state index in [1.165, 1.54) is 0 Å². The number of ether oxygens (including phenoxy) is 2. The first-order chi connectivity index (χ1) is 11.9. The third-order valence-electron chi connectivity index (χ3n) is 6.67. The molecule has 6 nitrogen and oxygen atoms in total. The molecule has 0 radical (unpaired) electrons. The van der Waals surface area contributed by atoms with E-state index in [0.717, 1.165) is 11.3 Å². The van der Waals surface area contributed by atoms with Gasteiger partial charge in [0.15, 0.2) is 5.69 Å². The van der Waals surface area contributed by atoms with Crippen LogP contribution in [0.4, 0.5) is 11.4 Å². The fourth-order valence-corrected chi connectivity index (χ4v) is 5.51. The number of carbonyl (C=O) groups excluding carboxylic acids is 1. The van der Waals surface area contributed by atoms with Gasteiger partial charge in [0, 0.05) is 24.4 Å². The third-order valence-corrected chi connectivity index (χ3v) is 6.67. The van der Waals surface area contributed by atoms with Gasteiger partial charge in [0.2, 0.25) is 5.91 Å². The lowest BCUT2D eigenvalue weighted by atomic mass is 9.65. The molecule has 130 valence electrons. The Bertz CT molecular complexity index is 833. The average molecular weight is 340 g/mol. The van der Waals surface area contributed by atoms with E-state index in [1.54, 1.807) is 11.0 Å². The second kappa shape index (κ2) is 4.61. The number of nitrogens with zero attached hydrogens (tertiary/aromatic N) is 2. The Morgan fingerprint density at radius 3 is 2.96 bits per heavy atom. The van der Waals surface area contributed by atoms with Crippen LogP contribution in [0.5, 0.6) is 0 Å². The number of carbonyl (C=O) groups is 1. The molecule has 4 aliphatic heterocycles. The summed E-state index contributed by atoms with van der Waals surface area (Å²) in [5.74, 6) is -0.486. The standard InChI is InChI=1S/C19H20N2O4/c1-10-8-11(4-5-12(10)20-3)21-16(23)14-15-17(21)24-7-6-19(15)9-13(22)18(14,2)25-19/h4-5,8,13-15,17,22H,6-7,9H2,1-2H3/t13-,14-,15+,17+,18-,19?/m1/s1. The van der Waals surface area contributed by atoms with E-state index in [0.29, 0.717) is 25.1 Å². The molecule has 5 rings (SSSR count). The number of hydrogen-bond acceptors (Lipinski definition) is 4. The number of hydrogen-bond donors (Lipinski definition) is 1. The van der Waals surface area contributed by atoms with Crippen LogP contribution in [0.15, 0.2) is 18.2 Å². The van der Waals surface area contributed by atoms with Crippen molar-refractivity contribution >= 4 is 17.3 Å². The molecule has 2 bridgehead atoms. The summed E-state index contributed by atoms with van der Waals surface area (Å²) < 4.78 is 12.3. The van der Waals surface area contributed by atoms with Gasteiger partial charge in [-0.05, 0) is 31.5 Å². The molecule has 0 aliphatic carbocycles. The molecule has 1 N–H and O–H groups in total. The highest BCUT2D eigenvalue weighted by atomic mass is 16.6. The minimum absolute atomic E-state index is 0.0463. The first-order valence-corrected chi connectivity index (χ1v) is 8.72. The maximum absolute atomic E-state index is 13.3. The molecule has 4 fully saturated rings. The van der Waals surface area contributed by atoms with E-state index in [9.17, 15) is 9.90 Å². The predicted molar refractivity (Wildman–Crippen MR) is 89.1 cm³/mol. The molecule has 25 heavy (non-hydrogen) atoms. The van der Waals surface area contributed by atoms with Crippen molar-refractivity contribution in [2.45, 2.75) is 50.2 Å². The molecule has 1 amide bonds. The number of aliphatic hydroxyl groups is 1. The Hall–Kier alpha value is -1.94. The highest BCUT2D eigenvalue weighted by molar-refractivity contribution is 6.00. The summed E-state index contributed by atoms with van der Waals surface area (Å²) in [7, 11) is 0. The van der Waals surface area contributed by atoms with Crippen LogP contribution in [0, 0.1) is 25.3 Å². The highest BCUT2D eigenvalue weighted by Crippen LogP contribution is 2.65. The lowest BCUT2D eigenvalue weighted by molar-refractivity contribution is -0.142. The zero-order valence-corrected chi connectivity index (χ0v) is 14.2. The molecular weight excluding hydrogens is 320 g/mol. The van der Waals surface area contributed by atoms with Crippen molar-refractivity contribution in [3.63, 3.8) is 0 Å². The van der Waals surface area contributed by atoms with Crippen molar-refractivity contribution in [1.29, 1.82) is 0 Å². The lowest BCUT2D eigenvalue weighted by Gasteiger charge is -2.42. The summed E-state index contributed by atoms with van der Waals surface area (Å²) in [5.41, 5.74) is 0.880. The van der Waals surface area contributed by atoms with Crippen LogP contribution in [0.1, 0.15) is 25.3 Å². The summed E-state index contributed by atoms with van der Waals surface area (Å²) in [5, 5.41) is 10.5. The van der Waals surface area contributed by atoms with E-state index >= 15 is 0 Å².